The number of halogens is 1. The van der Waals surface area contributed by atoms with Crippen LogP contribution in [0.25, 0.3) is 11.3 Å². The molecule has 0 radical (unpaired) electrons. The number of fused-ring (bicyclic) bond motifs is 3. The van der Waals surface area contributed by atoms with Gasteiger partial charge in [-0.2, -0.15) is 0 Å². The van der Waals surface area contributed by atoms with Gasteiger partial charge in [-0.25, -0.2) is 4.79 Å². The van der Waals surface area contributed by atoms with Crippen molar-refractivity contribution >= 4 is 21.9 Å². The summed E-state index contributed by atoms with van der Waals surface area (Å²) >= 11 is 3.45. The number of benzene rings is 1. The Balaban J connectivity index is 2.30. The number of hydrogen-bond acceptors (Lipinski definition) is 2. The highest BCUT2D eigenvalue weighted by Crippen LogP contribution is 2.35. The number of aromatic nitrogens is 1. The van der Waals surface area contributed by atoms with Crippen LogP contribution < -0.4 is 5.43 Å². The fourth-order valence-electron chi connectivity index (χ4n) is 2.69. The highest BCUT2D eigenvalue weighted by Gasteiger charge is 2.23. The van der Waals surface area contributed by atoms with E-state index in [1.54, 1.807) is 0 Å². The Morgan fingerprint density at radius 1 is 1.40 bits per heavy atom. The van der Waals surface area contributed by atoms with Crippen LogP contribution in [0.15, 0.2) is 39.7 Å². The van der Waals surface area contributed by atoms with E-state index in [1.165, 1.54) is 12.3 Å². The van der Waals surface area contributed by atoms with Crippen molar-refractivity contribution in [3.8, 4) is 11.3 Å². The van der Waals surface area contributed by atoms with Crippen molar-refractivity contribution in [2.45, 2.75) is 19.4 Å². The lowest BCUT2D eigenvalue weighted by Gasteiger charge is -2.28. The van der Waals surface area contributed by atoms with Gasteiger partial charge in [0.1, 0.15) is 5.56 Å². The molecule has 4 nitrogen and oxygen atoms in total. The molecule has 0 amide bonds. The van der Waals surface area contributed by atoms with Crippen molar-refractivity contribution in [1.82, 2.24) is 4.57 Å². The number of rotatable bonds is 1. The van der Waals surface area contributed by atoms with Gasteiger partial charge in [-0.1, -0.05) is 22.0 Å². The molecule has 0 fully saturated rings. The monoisotopic (exact) mass is 333 g/mol. The van der Waals surface area contributed by atoms with Gasteiger partial charge in [0.15, 0.2) is 5.43 Å². The van der Waals surface area contributed by atoms with Crippen LogP contribution in [0.2, 0.25) is 0 Å². The molecule has 0 saturated heterocycles. The van der Waals surface area contributed by atoms with E-state index < -0.39 is 11.4 Å². The second-order valence-electron chi connectivity index (χ2n) is 5.00. The molecular formula is C15H12BrNO3. The number of hydrogen-bond donors (Lipinski definition) is 1. The average Bonchev–Trinajstić information content (AvgIpc) is 2.37. The molecule has 1 N–H and O–H groups in total. The molecule has 0 spiro atoms. The van der Waals surface area contributed by atoms with Crippen LogP contribution in [-0.2, 0) is 6.42 Å². The van der Waals surface area contributed by atoms with Crippen LogP contribution in [-0.4, -0.2) is 15.6 Å². The zero-order valence-electron chi connectivity index (χ0n) is 10.8. The Bertz CT molecular complexity index is 779. The van der Waals surface area contributed by atoms with Gasteiger partial charge in [0.25, 0.3) is 0 Å². The van der Waals surface area contributed by atoms with E-state index in [9.17, 15) is 9.59 Å². The molecule has 1 unspecified atom stereocenters. The summed E-state index contributed by atoms with van der Waals surface area (Å²) in [6, 6.07) is 7.47. The minimum Gasteiger partial charge on any atom is -0.477 e. The van der Waals surface area contributed by atoms with Crippen LogP contribution in [0.3, 0.4) is 0 Å². The molecule has 2 aromatic rings. The predicted octanol–water partition coefficient (Wildman–Crippen LogP) is 3.09. The molecular weight excluding hydrogens is 322 g/mol. The highest BCUT2D eigenvalue weighted by atomic mass is 79.9. The van der Waals surface area contributed by atoms with Gasteiger partial charge in [0, 0.05) is 28.3 Å². The third kappa shape index (κ3) is 1.98. The number of aromatic carboxylic acids is 1. The van der Waals surface area contributed by atoms with Crippen LogP contribution in [0.5, 0.6) is 0 Å². The average molecular weight is 334 g/mol. The Hall–Kier alpha value is -1.88. The first-order chi connectivity index (χ1) is 9.47. The normalized spacial score (nSPS) is 16.4. The minimum absolute atomic E-state index is 0.116. The maximum atomic E-state index is 11.9. The lowest BCUT2D eigenvalue weighted by atomic mass is 9.93. The smallest absolute Gasteiger partial charge is 0.341 e. The van der Waals surface area contributed by atoms with Crippen LogP contribution in [0.4, 0.5) is 0 Å². The molecule has 1 aliphatic rings. The Labute approximate surface area is 123 Å². The van der Waals surface area contributed by atoms with E-state index in [4.69, 9.17) is 5.11 Å². The Morgan fingerprint density at radius 3 is 2.85 bits per heavy atom. The third-order valence-electron chi connectivity index (χ3n) is 3.64. The summed E-state index contributed by atoms with van der Waals surface area (Å²) in [4.78, 5) is 23.0. The summed E-state index contributed by atoms with van der Waals surface area (Å²) in [6.45, 7) is 2.02. The topological polar surface area (TPSA) is 59.3 Å². The van der Waals surface area contributed by atoms with Crippen LogP contribution in [0, 0.1) is 0 Å². The van der Waals surface area contributed by atoms with Gasteiger partial charge in [-0.3, -0.25) is 4.79 Å². The maximum Gasteiger partial charge on any atom is 0.341 e. The molecule has 0 saturated carbocycles. The van der Waals surface area contributed by atoms with Crippen molar-refractivity contribution in [1.29, 1.82) is 0 Å². The van der Waals surface area contributed by atoms with E-state index in [0.29, 0.717) is 0 Å². The van der Waals surface area contributed by atoms with E-state index in [0.717, 1.165) is 27.7 Å². The fraction of sp³-hybridized carbons (Fsp3) is 0.200. The summed E-state index contributed by atoms with van der Waals surface area (Å²) in [5, 5.41) is 9.07. The second-order valence-corrected chi connectivity index (χ2v) is 5.92. The molecule has 102 valence electrons. The summed E-state index contributed by atoms with van der Waals surface area (Å²) in [7, 11) is 0. The standard InChI is InChI=1S/C15H12BrNO3/c1-8-4-9-5-10(16)2-3-11(9)13-6-14(18)12(15(19)20)7-17(8)13/h2-3,5-8H,4H2,1H3,(H,19,20). The maximum absolute atomic E-state index is 11.9. The van der Waals surface area contributed by atoms with E-state index in [2.05, 4.69) is 15.9 Å². The van der Waals surface area contributed by atoms with E-state index in [-0.39, 0.29) is 11.6 Å². The molecule has 20 heavy (non-hydrogen) atoms. The first-order valence-corrected chi connectivity index (χ1v) is 7.05. The number of carboxylic acid groups (broad SMARTS) is 1. The zero-order chi connectivity index (χ0) is 14.4. The quantitative estimate of drug-likeness (QED) is 0.872. The van der Waals surface area contributed by atoms with Crippen molar-refractivity contribution in [3.63, 3.8) is 0 Å². The van der Waals surface area contributed by atoms with Gasteiger partial charge in [0.2, 0.25) is 0 Å². The molecule has 2 heterocycles. The zero-order valence-corrected chi connectivity index (χ0v) is 12.3. The first kappa shape index (κ1) is 13.1. The van der Waals surface area contributed by atoms with Gasteiger partial charge in [-0.05, 0) is 31.0 Å². The molecule has 1 aliphatic heterocycles. The van der Waals surface area contributed by atoms with Crippen molar-refractivity contribution in [3.05, 3.63) is 56.3 Å². The number of nitrogens with zero attached hydrogens (tertiary/aromatic N) is 1. The largest absolute Gasteiger partial charge is 0.477 e. The lowest BCUT2D eigenvalue weighted by Crippen LogP contribution is -2.24. The Kier molecular flexibility index (Phi) is 3.01. The van der Waals surface area contributed by atoms with Crippen molar-refractivity contribution in [2.75, 3.05) is 0 Å². The van der Waals surface area contributed by atoms with Crippen LogP contribution in [0.1, 0.15) is 28.9 Å². The second kappa shape index (κ2) is 4.59. The molecule has 1 atom stereocenters. The minimum atomic E-state index is -1.18. The highest BCUT2D eigenvalue weighted by molar-refractivity contribution is 9.10. The molecule has 1 aromatic carbocycles. The molecule has 1 aromatic heterocycles. The summed E-state index contributed by atoms with van der Waals surface area (Å²) in [6.07, 6.45) is 2.26. The number of carbonyl (C=O) groups is 1. The third-order valence-corrected chi connectivity index (χ3v) is 4.14. The summed E-state index contributed by atoms with van der Waals surface area (Å²) in [5.74, 6) is -1.18. The van der Waals surface area contributed by atoms with Gasteiger partial charge < -0.3 is 9.67 Å². The number of pyridine rings is 1. The fourth-order valence-corrected chi connectivity index (χ4v) is 3.10. The van der Waals surface area contributed by atoms with E-state index in [1.807, 2.05) is 29.7 Å². The summed E-state index contributed by atoms with van der Waals surface area (Å²) in [5.41, 5.74) is 2.30. The lowest BCUT2D eigenvalue weighted by molar-refractivity contribution is 0.0694. The molecule has 0 bridgehead atoms. The van der Waals surface area contributed by atoms with Gasteiger partial charge in [-0.15, -0.1) is 0 Å². The van der Waals surface area contributed by atoms with Crippen molar-refractivity contribution < 1.29 is 9.90 Å². The van der Waals surface area contributed by atoms with Crippen LogP contribution >= 0.6 is 15.9 Å². The summed E-state index contributed by atoms with van der Waals surface area (Å²) < 4.78 is 2.88. The van der Waals surface area contributed by atoms with E-state index >= 15 is 0 Å². The van der Waals surface area contributed by atoms with Gasteiger partial charge in [0.05, 0.1) is 5.69 Å². The molecule has 3 rings (SSSR count). The predicted molar refractivity (Wildman–Crippen MR) is 79.2 cm³/mol. The SMILES string of the molecule is CC1Cc2cc(Br)ccc2-c2cc(=O)c(C(=O)O)cn21. The first-order valence-electron chi connectivity index (χ1n) is 6.25. The molecule has 0 aliphatic carbocycles. The number of carboxylic acids is 1. The van der Waals surface area contributed by atoms with Gasteiger partial charge >= 0.3 is 5.97 Å². The Morgan fingerprint density at radius 2 is 2.15 bits per heavy atom. The molecule has 5 heteroatoms. The van der Waals surface area contributed by atoms with Crippen molar-refractivity contribution in [2.24, 2.45) is 0 Å².